The molecule has 2 aromatic heterocycles. The van der Waals surface area contributed by atoms with Crippen LogP contribution in [0, 0.1) is 13.8 Å². The van der Waals surface area contributed by atoms with Crippen LogP contribution in [0.3, 0.4) is 0 Å². The normalized spacial score (nSPS) is 15.4. The summed E-state index contributed by atoms with van der Waals surface area (Å²) in [4.78, 5) is 19.5. The lowest BCUT2D eigenvalue weighted by Gasteiger charge is -2.29. The van der Waals surface area contributed by atoms with E-state index in [1.807, 2.05) is 32.9 Å². The van der Waals surface area contributed by atoms with Crippen LogP contribution in [0.25, 0.3) is 11.0 Å². The summed E-state index contributed by atoms with van der Waals surface area (Å²) in [6.07, 6.45) is 0. The molecule has 1 aromatic carbocycles. The highest BCUT2D eigenvalue weighted by Gasteiger charge is 2.22. The van der Waals surface area contributed by atoms with Crippen molar-refractivity contribution in [2.45, 2.75) is 26.8 Å². The molecule has 1 aliphatic heterocycles. The van der Waals surface area contributed by atoms with Crippen LogP contribution in [0.15, 0.2) is 38.1 Å². The van der Waals surface area contributed by atoms with Crippen molar-refractivity contribution >= 4 is 50.1 Å². The highest BCUT2D eigenvalue weighted by Crippen LogP contribution is 2.33. The first-order valence-corrected chi connectivity index (χ1v) is 11.0. The van der Waals surface area contributed by atoms with Crippen LogP contribution >= 0.6 is 27.5 Å². The Labute approximate surface area is 188 Å². The summed E-state index contributed by atoms with van der Waals surface area (Å²) in [7, 11) is 0. The fraction of sp³-hybridized carbons (Fsp3) is 0.364. The Bertz CT molecular complexity index is 1160. The number of aryl methyl sites for hydroxylation is 1. The van der Waals surface area contributed by atoms with Gasteiger partial charge in [-0.3, -0.25) is 4.79 Å². The number of aromatic nitrogens is 1. The average molecular weight is 493 g/mol. The Morgan fingerprint density at radius 2 is 1.97 bits per heavy atom. The van der Waals surface area contributed by atoms with Crippen molar-refractivity contribution in [1.82, 2.24) is 4.98 Å². The monoisotopic (exact) mass is 491 g/mol. The van der Waals surface area contributed by atoms with Crippen molar-refractivity contribution in [2.24, 2.45) is 0 Å². The van der Waals surface area contributed by atoms with E-state index < -0.39 is 0 Å². The fourth-order valence-corrected chi connectivity index (χ4v) is 4.46. The lowest BCUT2D eigenvalue weighted by molar-refractivity contribution is 0.120. The molecule has 0 aliphatic carbocycles. The van der Waals surface area contributed by atoms with Crippen molar-refractivity contribution in [2.75, 3.05) is 36.5 Å². The molecule has 8 heteroatoms. The van der Waals surface area contributed by atoms with Gasteiger partial charge in [0, 0.05) is 18.7 Å². The fourth-order valence-electron chi connectivity index (χ4n) is 3.78. The van der Waals surface area contributed by atoms with Gasteiger partial charge in [0.05, 0.1) is 35.9 Å². The van der Waals surface area contributed by atoms with Crippen molar-refractivity contribution < 1.29 is 9.15 Å². The Morgan fingerprint density at radius 1 is 1.23 bits per heavy atom. The number of rotatable bonds is 4. The number of ether oxygens (including phenoxy) is 1. The van der Waals surface area contributed by atoms with Gasteiger partial charge in [0.15, 0.2) is 5.43 Å². The minimum Gasteiger partial charge on any atom is -0.440 e. The molecule has 3 aromatic rings. The van der Waals surface area contributed by atoms with Crippen molar-refractivity contribution in [3.63, 3.8) is 0 Å². The van der Waals surface area contributed by atoms with Crippen LogP contribution in [0.2, 0.25) is 5.15 Å². The number of pyridine rings is 1. The highest BCUT2D eigenvalue weighted by molar-refractivity contribution is 9.10. The van der Waals surface area contributed by atoms with E-state index in [1.54, 1.807) is 6.07 Å². The lowest BCUT2D eigenvalue weighted by Crippen LogP contribution is -2.37. The Morgan fingerprint density at radius 3 is 2.67 bits per heavy atom. The van der Waals surface area contributed by atoms with Gasteiger partial charge in [-0.25, -0.2) is 4.98 Å². The maximum Gasteiger partial charge on any atom is 0.203 e. The second kappa shape index (κ2) is 8.57. The van der Waals surface area contributed by atoms with Crippen LogP contribution in [0.5, 0.6) is 0 Å². The molecule has 3 heterocycles. The van der Waals surface area contributed by atoms with E-state index in [2.05, 4.69) is 37.2 Å². The average Bonchev–Trinajstić information content (AvgIpc) is 2.73. The molecule has 0 amide bonds. The lowest BCUT2D eigenvalue weighted by atomic mass is 10.0. The second-order valence-electron chi connectivity index (χ2n) is 7.53. The van der Waals surface area contributed by atoms with Crippen molar-refractivity contribution in [3.05, 3.63) is 60.9 Å². The minimum atomic E-state index is -0.130. The van der Waals surface area contributed by atoms with Crippen LogP contribution in [-0.4, -0.2) is 31.3 Å². The van der Waals surface area contributed by atoms with Gasteiger partial charge < -0.3 is 19.4 Å². The third-order valence-electron chi connectivity index (χ3n) is 5.32. The molecule has 1 aliphatic rings. The molecule has 6 nitrogen and oxygen atoms in total. The molecule has 1 fully saturated rings. The summed E-state index contributed by atoms with van der Waals surface area (Å²) in [6, 6.07) is 7.42. The van der Waals surface area contributed by atoms with Crippen LogP contribution in [0.1, 0.15) is 29.7 Å². The number of hydrogen-bond acceptors (Lipinski definition) is 6. The number of morpholine rings is 1. The molecule has 1 saturated heterocycles. The summed E-state index contributed by atoms with van der Waals surface area (Å²) in [6.45, 7) is 8.50. The molecule has 0 saturated carbocycles. The molecule has 0 radical (unpaired) electrons. The zero-order chi connectivity index (χ0) is 21.4. The van der Waals surface area contributed by atoms with E-state index in [0.29, 0.717) is 58.5 Å². The SMILES string of the molecule is Cc1cc(C(C)Nc2ccc(Cl)nc2Br)c2oc(N3CCOCC3)c(C)c(=O)c2c1. The van der Waals surface area contributed by atoms with Gasteiger partial charge in [-0.2, -0.15) is 0 Å². The molecule has 0 spiro atoms. The van der Waals surface area contributed by atoms with Crippen molar-refractivity contribution in [1.29, 1.82) is 0 Å². The number of nitrogens with zero attached hydrogens (tertiary/aromatic N) is 2. The molecule has 158 valence electrons. The number of nitrogens with one attached hydrogen (secondary N) is 1. The van der Waals surface area contributed by atoms with Gasteiger partial charge in [0.25, 0.3) is 0 Å². The van der Waals surface area contributed by atoms with Gasteiger partial charge in [-0.1, -0.05) is 17.7 Å². The van der Waals surface area contributed by atoms with Crippen LogP contribution in [0.4, 0.5) is 11.6 Å². The summed E-state index contributed by atoms with van der Waals surface area (Å²) < 4.78 is 12.5. The first kappa shape index (κ1) is 21.2. The van der Waals surface area contributed by atoms with Crippen LogP contribution < -0.4 is 15.6 Å². The van der Waals surface area contributed by atoms with Gasteiger partial charge in [-0.15, -0.1) is 0 Å². The molecule has 1 N–H and O–H groups in total. The number of halogens is 2. The minimum absolute atomic E-state index is 0.00392. The second-order valence-corrected chi connectivity index (χ2v) is 8.67. The quantitative estimate of drug-likeness (QED) is 0.503. The number of benzene rings is 1. The predicted octanol–water partition coefficient (Wildman–Crippen LogP) is 5.23. The first-order chi connectivity index (χ1) is 14.3. The van der Waals surface area contributed by atoms with Gasteiger partial charge >= 0.3 is 0 Å². The Balaban J connectivity index is 1.82. The van der Waals surface area contributed by atoms with E-state index in [0.717, 1.165) is 16.8 Å². The molecule has 1 atom stereocenters. The van der Waals surface area contributed by atoms with Gasteiger partial charge in [0.2, 0.25) is 5.88 Å². The number of hydrogen-bond donors (Lipinski definition) is 1. The van der Waals surface area contributed by atoms with E-state index in [4.69, 9.17) is 20.8 Å². The van der Waals surface area contributed by atoms with Gasteiger partial charge in [0.1, 0.15) is 15.3 Å². The molecule has 30 heavy (non-hydrogen) atoms. The maximum absolute atomic E-state index is 13.2. The standard InChI is InChI=1S/C22H23BrClN3O3/c1-12-10-15(14(3)25-17-4-5-18(24)26-21(17)23)20-16(11-12)19(28)13(2)22(30-20)27-6-8-29-9-7-27/h4-5,10-11,14,25H,6-9H2,1-3H3. The zero-order valence-electron chi connectivity index (χ0n) is 17.1. The van der Waals surface area contributed by atoms with E-state index in [9.17, 15) is 4.79 Å². The summed E-state index contributed by atoms with van der Waals surface area (Å²) in [5.74, 6) is 0.627. The molecular weight excluding hydrogens is 470 g/mol. The number of anilines is 2. The summed E-state index contributed by atoms with van der Waals surface area (Å²) in [5.41, 5.74) is 3.97. The smallest absolute Gasteiger partial charge is 0.203 e. The summed E-state index contributed by atoms with van der Waals surface area (Å²) in [5, 5.41) is 4.46. The summed E-state index contributed by atoms with van der Waals surface area (Å²) >= 11 is 9.41. The maximum atomic E-state index is 13.2. The predicted molar refractivity (Wildman–Crippen MR) is 124 cm³/mol. The third-order valence-corrected chi connectivity index (χ3v) is 6.13. The Hall–Kier alpha value is -2.09. The van der Waals surface area contributed by atoms with Gasteiger partial charge in [-0.05, 0) is 60.5 Å². The molecular formula is C22H23BrClN3O3. The zero-order valence-corrected chi connectivity index (χ0v) is 19.4. The van der Waals surface area contributed by atoms with E-state index in [1.165, 1.54) is 0 Å². The van der Waals surface area contributed by atoms with E-state index >= 15 is 0 Å². The molecule has 1 unspecified atom stereocenters. The Kier molecular flexibility index (Phi) is 6.04. The molecule has 0 bridgehead atoms. The largest absolute Gasteiger partial charge is 0.440 e. The van der Waals surface area contributed by atoms with E-state index in [-0.39, 0.29) is 11.5 Å². The molecule has 4 rings (SSSR count). The number of fused-ring (bicyclic) bond motifs is 1. The first-order valence-electron chi connectivity index (χ1n) is 9.84. The topological polar surface area (TPSA) is 67.6 Å². The van der Waals surface area contributed by atoms with Crippen LogP contribution in [-0.2, 0) is 4.74 Å². The highest BCUT2D eigenvalue weighted by atomic mass is 79.9. The third kappa shape index (κ3) is 4.06. The van der Waals surface area contributed by atoms with Crippen molar-refractivity contribution in [3.8, 4) is 0 Å².